The zero-order valence-corrected chi connectivity index (χ0v) is 23.1. The van der Waals surface area contributed by atoms with Gasteiger partial charge in [0.15, 0.2) is 0 Å². The van der Waals surface area contributed by atoms with Crippen molar-refractivity contribution in [1.29, 1.82) is 0 Å². The van der Waals surface area contributed by atoms with Crippen molar-refractivity contribution in [3.05, 3.63) is 110 Å². The fourth-order valence-electron chi connectivity index (χ4n) is 3.90. The van der Waals surface area contributed by atoms with Crippen LogP contribution in [-0.2, 0) is 16.2 Å². The Balaban J connectivity index is 1.43. The van der Waals surface area contributed by atoms with Crippen molar-refractivity contribution < 1.29 is 19.2 Å². The van der Waals surface area contributed by atoms with Crippen LogP contribution in [0, 0.1) is 17.0 Å². The maximum absolute atomic E-state index is 12.8. The lowest BCUT2D eigenvalue weighted by Crippen LogP contribution is -2.37. The highest BCUT2D eigenvalue weighted by Crippen LogP contribution is 2.35. The van der Waals surface area contributed by atoms with Gasteiger partial charge >= 0.3 is 0 Å². The molecule has 4 rings (SSSR count). The van der Waals surface area contributed by atoms with Gasteiger partial charge in [-0.3, -0.25) is 19.7 Å². The number of ether oxygens (including phenoxy) is 1. The Bertz CT molecular complexity index is 1640. The van der Waals surface area contributed by atoms with E-state index < -0.39 is 16.7 Å². The molecule has 1 N–H and O–H groups in total. The topological polar surface area (TPSA) is 115 Å². The van der Waals surface area contributed by atoms with Gasteiger partial charge in [0.2, 0.25) is 11.8 Å². The number of benzene rings is 3. The van der Waals surface area contributed by atoms with Crippen LogP contribution in [0.2, 0.25) is 10.0 Å². The number of carbonyl (C=O) groups excluding carboxylic acids is 2. The molecule has 1 heterocycles. The number of nitrogens with zero attached hydrogens (tertiary/aromatic N) is 3. The van der Waals surface area contributed by atoms with E-state index in [4.69, 9.17) is 27.9 Å². The van der Waals surface area contributed by atoms with E-state index in [0.29, 0.717) is 27.5 Å². The molecule has 0 aliphatic rings. The van der Waals surface area contributed by atoms with Crippen LogP contribution in [0.25, 0.3) is 17.0 Å². The summed E-state index contributed by atoms with van der Waals surface area (Å²) in [6.07, 6.45) is 2.45. The second-order valence-electron chi connectivity index (χ2n) is 8.75. The van der Waals surface area contributed by atoms with Gasteiger partial charge in [0, 0.05) is 40.9 Å². The summed E-state index contributed by atoms with van der Waals surface area (Å²) in [4.78, 5) is 41.6. The number of likely N-dealkylation sites (N-methyl/N-ethyl adjacent to an activating group) is 1. The number of nitro benzene ring substituents is 1. The van der Waals surface area contributed by atoms with Gasteiger partial charge < -0.3 is 15.0 Å². The van der Waals surface area contributed by atoms with Crippen LogP contribution in [0.5, 0.6) is 5.75 Å². The Morgan fingerprint density at radius 2 is 1.85 bits per heavy atom. The smallest absolute Gasteiger partial charge is 0.276 e. The highest BCUT2D eigenvalue weighted by atomic mass is 35.5. The summed E-state index contributed by atoms with van der Waals surface area (Å²) in [5.74, 6) is -0.466. The van der Waals surface area contributed by atoms with E-state index in [2.05, 4.69) is 10.3 Å². The molecule has 9 nitrogen and oxygen atoms in total. The number of aryl methyl sites for hydroxylation is 1. The van der Waals surface area contributed by atoms with Crippen molar-refractivity contribution in [3.63, 3.8) is 0 Å². The van der Waals surface area contributed by atoms with Crippen molar-refractivity contribution in [2.24, 2.45) is 0 Å². The highest BCUT2D eigenvalue weighted by Gasteiger charge is 2.19. The quantitative estimate of drug-likeness (QED) is 0.145. The third-order valence-electron chi connectivity index (χ3n) is 6.06. The molecule has 0 spiro atoms. The maximum atomic E-state index is 12.8. The van der Waals surface area contributed by atoms with Crippen LogP contribution in [0.15, 0.2) is 72.8 Å². The molecule has 0 saturated carbocycles. The molecule has 2 amide bonds. The number of amides is 2. The number of para-hydroxylation sites is 2. The minimum absolute atomic E-state index is 0.0371. The monoisotopic (exact) mass is 578 g/mol. The standard InChI is InChI=1S/C29H24Cl2N4O5/c1-18-10-11-20-7-5-9-25(29(20)33-18)40-17-21-22(30)13-14-24(28(21)31)34(2)27(37)16-32-26(36)15-12-19-6-3-4-8-23(19)35(38)39/h3-15H,16-17H2,1-2H3,(H,32,36). The van der Waals surface area contributed by atoms with E-state index in [-0.39, 0.29) is 29.4 Å². The third kappa shape index (κ3) is 6.56. The first-order valence-corrected chi connectivity index (χ1v) is 12.8. The number of halogens is 2. The van der Waals surface area contributed by atoms with E-state index in [1.165, 1.54) is 36.2 Å². The van der Waals surface area contributed by atoms with E-state index in [1.807, 2.05) is 37.3 Å². The number of hydrogen-bond donors (Lipinski definition) is 1. The largest absolute Gasteiger partial charge is 0.487 e. The molecule has 204 valence electrons. The van der Waals surface area contributed by atoms with Crippen molar-refractivity contribution in [2.45, 2.75) is 13.5 Å². The normalized spacial score (nSPS) is 11.0. The van der Waals surface area contributed by atoms with E-state index >= 15 is 0 Å². The van der Waals surface area contributed by atoms with Gasteiger partial charge in [0.05, 0.1) is 27.7 Å². The number of rotatable bonds is 9. The molecule has 11 heteroatoms. The molecule has 1 aromatic heterocycles. The number of hydrogen-bond acceptors (Lipinski definition) is 6. The number of fused-ring (bicyclic) bond motifs is 1. The van der Waals surface area contributed by atoms with Crippen LogP contribution in [0.3, 0.4) is 0 Å². The predicted molar refractivity (Wildman–Crippen MR) is 156 cm³/mol. The molecule has 0 aliphatic carbocycles. The molecule has 0 unspecified atom stereocenters. The Hall–Kier alpha value is -4.47. The summed E-state index contributed by atoms with van der Waals surface area (Å²) in [5, 5.41) is 15.1. The van der Waals surface area contributed by atoms with Gasteiger partial charge in [-0.2, -0.15) is 0 Å². The lowest BCUT2D eigenvalue weighted by Gasteiger charge is -2.21. The molecule has 0 fully saturated rings. The van der Waals surface area contributed by atoms with Gasteiger partial charge in [0.1, 0.15) is 17.9 Å². The van der Waals surface area contributed by atoms with E-state index in [0.717, 1.165) is 17.2 Å². The number of aromatic nitrogens is 1. The van der Waals surface area contributed by atoms with E-state index in [1.54, 1.807) is 18.2 Å². The van der Waals surface area contributed by atoms with Crippen LogP contribution < -0.4 is 15.0 Å². The number of nitro groups is 1. The van der Waals surface area contributed by atoms with Crippen LogP contribution >= 0.6 is 23.2 Å². The summed E-state index contributed by atoms with van der Waals surface area (Å²) >= 11 is 13.1. The Morgan fingerprint density at radius 3 is 2.62 bits per heavy atom. The zero-order valence-electron chi connectivity index (χ0n) is 21.6. The summed E-state index contributed by atoms with van der Waals surface area (Å²) < 4.78 is 6.04. The van der Waals surface area contributed by atoms with Crippen LogP contribution in [-0.4, -0.2) is 35.3 Å². The summed E-state index contributed by atoms with van der Waals surface area (Å²) in [6.45, 7) is 1.60. The number of nitrogens with one attached hydrogen (secondary N) is 1. The van der Waals surface area contributed by atoms with Gasteiger partial charge in [-0.25, -0.2) is 4.98 Å². The minimum atomic E-state index is -0.588. The average molecular weight is 579 g/mol. The van der Waals surface area contributed by atoms with Gasteiger partial charge in [-0.15, -0.1) is 0 Å². The Labute approximate surface area is 240 Å². The average Bonchev–Trinajstić information content (AvgIpc) is 2.94. The molecule has 0 radical (unpaired) electrons. The Morgan fingerprint density at radius 1 is 1.07 bits per heavy atom. The van der Waals surface area contributed by atoms with Crippen molar-refractivity contribution in [2.75, 3.05) is 18.5 Å². The Kier molecular flexibility index (Phi) is 8.98. The fraction of sp³-hybridized carbons (Fsp3) is 0.138. The van der Waals surface area contributed by atoms with E-state index in [9.17, 15) is 19.7 Å². The molecule has 0 atom stereocenters. The van der Waals surface area contributed by atoms with Gasteiger partial charge in [-0.05, 0) is 43.3 Å². The second kappa shape index (κ2) is 12.6. The van der Waals surface area contributed by atoms with Crippen LogP contribution in [0.1, 0.15) is 16.8 Å². The van der Waals surface area contributed by atoms with Crippen molar-refractivity contribution in [1.82, 2.24) is 10.3 Å². The summed E-state index contributed by atoms with van der Waals surface area (Å²) in [6, 6.07) is 18.7. The zero-order chi connectivity index (χ0) is 28.8. The highest BCUT2D eigenvalue weighted by molar-refractivity contribution is 6.38. The SMILES string of the molecule is Cc1ccc2cccc(OCc3c(Cl)ccc(N(C)C(=O)CNC(=O)C=Cc4ccccc4[N+](=O)[O-])c3Cl)c2n1. The minimum Gasteiger partial charge on any atom is -0.487 e. The summed E-state index contributed by atoms with van der Waals surface area (Å²) in [7, 11) is 1.52. The fourth-order valence-corrected chi connectivity index (χ4v) is 4.50. The first-order chi connectivity index (χ1) is 19.2. The molecule has 0 bridgehead atoms. The number of pyridine rings is 1. The molecule has 0 aliphatic heterocycles. The molecule has 0 saturated heterocycles. The molecule has 40 heavy (non-hydrogen) atoms. The second-order valence-corrected chi connectivity index (χ2v) is 9.53. The summed E-state index contributed by atoms with van der Waals surface area (Å²) in [5.41, 5.74) is 2.57. The maximum Gasteiger partial charge on any atom is 0.276 e. The molecular weight excluding hydrogens is 555 g/mol. The molecule has 4 aromatic rings. The number of anilines is 1. The first kappa shape index (κ1) is 28.5. The van der Waals surface area contributed by atoms with Gasteiger partial charge in [-0.1, -0.05) is 53.5 Å². The third-order valence-corrected chi connectivity index (χ3v) is 6.83. The van der Waals surface area contributed by atoms with Crippen molar-refractivity contribution >= 4 is 63.4 Å². The molecule has 3 aromatic carbocycles. The molecular formula is C29H24Cl2N4O5. The van der Waals surface area contributed by atoms with Crippen molar-refractivity contribution in [3.8, 4) is 5.75 Å². The van der Waals surface area contributed by atoms with Gasteiger partial charge in [0.25, 0.3) is 5.69 Å². The lowest BCUT2D eigenvalue weighted by molar-refractivity contribution is -0.385. The predicted octanol–water partition coefficient (Wildman–Crippen LogP) is 6.13. The lowest BCUT2D eigenvalue weighted by atomic mass is 10.1. The first-order valence-electron chi connectivity index (χ1n) is 12.1. The number of carbonyl (C=O) groups is 2. The van der Waals surface area contributed by atoms with Crippen LogP contribution in [0.4, 0.5) is 11.4 Å².